The lowest BCUT2D eigenvalue weighted by Gasteiger charge is -2.20. The molecule has 0 amide bonds. The van der Waals surface area contributed by atoms with Gasteiger partial charge < -0.3 is 14.8 Å². The van der Waals surface area contributed by atoms with E-state index in [1.807, 2.05) is 0 Å². The minimum atomic E-state index is 0.109. The largest absolute Gasteiger partial charge is 0.492 e. The van der Waals surface area contributed by atoms with Crippen LogP contribution in [0.1, 0.15) is 44.4 Å². The molecule has 3 aromatic rings. The molecule has 0 aromatic heterocycles. The normalized spacial score (nSPS) is 21.9. The monoisotopic (exact) mass is 498 g/mol. The van der Waals surface area contributed by atoms with Gasteiger partial charge in [-0.15, -0.1) is 0 Å². The van der Waals surface area contributed by atoms with E-state index in [4.69, 9.17) is 9.47 Å². The highest BCUT2D eigenvalue weighted by Crippen LogP contribution is 2.45. The summed E-state index contributed by atoms with van der Waals surface area (Å²) in [4.78, 5) is 2.59. The molecule has 1 N–H and O–H groups in total. The van der Waals surface area contributed by atoms with E-state index in [0.29, 0.717) is 12.6 Å². The highest BCUT2D eigenvalue weighted by atomic mass is 16.5. The zero-order valence-electron chi connectivity index (χ0n) is 22.8. The summed E-state index contributed by atoms with van der Waals surface area (Å²) >= 11 is 0. The zero-order valence-corrected chi connectivity index (χ0v) is 22.8. The first-order chi connectivity index (χ1) is 17.8. The van der Waals surface area contributed by atoms with Crippen molar-refractivity contribution >= 4 is 0 Å². The molecule has 0 spiro atoms. The Morgan fingerprint density at radius 2 is 1.49 bits per heavy atom. The van der Waals surface area contributed by atoms with Gasteiger partial charge in [0.15, 0.2) is 0 Å². The summed E-state index contributed by atoms with van der Waals surface area (Å²) in [6.07, 6.45) is 0.979. The minimum absolute atomic E-state index is 0.109. The third kappa shape index (κ3) is 6.94. The molecule has 196 valence electrons. The maximum Gasteiger partial charge on any atom is 0.119 e. The molecular formula is C33H42N2O2. The van der Waals surface area contributed by atoms with Crippen LogP contribution in [0.5, 0.6) is 11.5 Å². The molecule has 4 atom stereocenters. The molecule has 1 aliphatic carbocycles. The lowest BCUT2D eigenvalue weighted by Crippen LogP contribution is -2.33. The van der Waals surface area contributed by atoms with Crippen molar-refractivity contribution in [2.45, 2.75) is 58.2 Å². The first kappa shape index (κ1) is 25.8. The van der Waals surface area contributed by atoms with E-state index >= 15 is 0 Å². The van der Waals surface area contributed by atoms with Crippen LogP contribution in [0, 0.1) is 11.8 Å². The number of piperidine rings is 1. The van der Waals surface area contributed by atoms with Gasteiger partial charge in [-0.3, -0.25) is 4.90 Å². The number of nitrogens with zero attached hydrogens (tertiary/aromatic N) is 1. The fourth-order valence-electron chi connectivity index (χ4n) is 5.64. The van der Waals surface area contributed by atoms with E-state index < -0.39 is 0 Å². The highest BCUT2D eigenvalue weighted by molar-refractivity contribution is 5.32. The van der Waals surface area contributed by atoms with Gasteiger partial charge in [-0.05, 0) is 65.1 Å². The number of nitrogens with one attached hydrogen (secondary N) is 1. The van der Waals surface area contributed by atoms with E-state index in [1.165, 1.54) is 29.8 Å². The number of hydrogen-bond acceptors (Lipinski definition) is 4. The van der Waals surface area contributed by atoms with Crippen molar-refractivity contribution in [3.63, 3.8) is 0 Å². The van der Waals surface area contributed by atoms with E-state index in [2.05, 4.69) is 117 Å². The average molecular weight is 499 g/mol. The van der Waals surface area contributed by atoms with Crippen molar-refractivity contribution < 1.29 is 9.47 Å². The predicted octanol–water partition coefficient (Wildman–Crippen LogP) is 6.09. The Hall–Kier alpha value is -2.82. The molecule has 2 aliphatic rings. The Bertz CT molecular complexity index is 1110. The van der Waals surface area contributed by atoms with Crippen molar-refractivity contribution in [3.05, 3.63) is 95.6 Å². The van der Waals surface area contributed by atoms with Gasteiger partial charge in [-0.25, -0.2) is 0 Å². The van der Waals surface area contributed by atoms with Crippen LogP contribution in [0.4, 0.5) is 0 Å². The lowest BCUT2D eigenvalue weighted by atomic mass is 9.87. The second-order valence-electron chi connectivity index (χ2n) is 11.9. The fraction of sp³-hybridized carbons (Fsp3) is 0.455. The molecule has 1 saturated carbocycles. The van der Waals surface area contributed by atoms with Crippen LogP contribution >= 0.6 is 0 Å². The number of rotatable bonds is 11. The molecule has 4 nitrogen and oxygen atoms in total. The van der Waals surface area contributed by atoms with Gasteiger partial charge in [-0.1, -0.05) is 75.4 Å². The van der Waals surface area contributed by atoms with Gasteiger partial charge in [-0.2, -0.15) is 0 Å². The number of hydrogen-bond donors (Lipinski definition) is 1. The zero-order chi connectivity index (χ0) is 25.8. The van der Waals surface area contributed by atoms with Crippen LogP contribution in [-0.4, -0.2) is 43.3 Å². The molecule has 1 saturated heterocycles. The van der Waals surface area contributed by atoms with Gasteiger partial charge in [0.2, 0.25) is 0 Å². The summed E-state index contributed by atoms with van der Waals surface area (Å²) in [6, 6.07) is 28.4. The van der Waals surface area contributed by atoms with E-state index in [9.17, 15) is 0 Å². The molecule has 5 rings (SSSR count). The first-order valence-corrected chi connectivity index (χ1v) is 13.8. The molecule has 3 aromatic carbocycles. The number of ether oxygens (including phenoxy) is 2. The Balaban J connectivity index is 0.971. The van der Waals surface area contributed by atoms with Crippen LogP contribution in [0.15, 0.2) is 78.9 Å². The molecule has 0 bridgehead atoms. The average Bonchev–Trinajstić information content (AvgIpc) is 3.32. The van der Waals surface area contributed by atoms with Gasteiger partial charge >= 0.3 is 0 Å². The Kier molecular flexibility index (Phi) is 7.87. The van der Waals surface area contributed by atoms with Crippen LogP contribution < -0.4 is 14.8 Å². The van der Waals surface area contributed by atoms with Crippen molar-refractivity contribution in [3.8, 4) is 11.5 Å². The van der Waals surface area contributed by atoms with Gasteiger partial charge in [0, 0.05) is 38.6 Å². The molecule has 2 unspecified atom stereocenters. The van der Waals surface area contributed by atoms with E-state index in [1.54, 1.807) is 0 Å². The third-order valence-electron chi connectivity index (χ3n) is 7.77. The van der Waals surface area contributed by atoms with Gasteiger partial charge in [0.1, 0.15) is 18.1 Å². The quantitative estimate of drug-likeness (QED) is 0.324. The number of benzene rings is 3. The topological polar surface area (TPSA) is 33.7 Å². The minimum Gasteiger partial charge on any atom is -0.492 e. The molecule has 4 heteroatoms. The molecule has 1 aliphatic heterocycles. The van der Waals surface area contributed by atoms with Crippen molar-refractivity contribution in [1.29, 1.82) is 0 Å². The molecule has 1 heterocycles. The van der Waals surface area contributed by atoms with E-state index in [0.717, 1.165) is 42.8 Å². The number of fused-ring (bicyclic) bond motifs is 1. The summed E-state index contributed by atoms with van der Waals surface area (Å²) in [5.41, 5.74) is 4.16. The summed E-state index contributed by atoms with van der Waals surface area (Å²) in [5.74, 6) is 3.48. The first-order valence-electron chi connectivity index (χ1n) is 13.8. The highest BCUT2D eigenvalue weighted by Gasteiger charge is 2.55. The Morgan fingerprint density at radius 3 is 2.14 bits per heavy atom. The second-order valence-corrected chi connectivity index (χ2v) is 11.9. The Labute approximate surface area is 223 Å². The Morgan fingerprint density at radius 1 is 0.838 bits per heavy atom. The van der Waals surface area contributed by atoms with E-state index in [-0.39, 0.29) is 11.5 Å². The van der Waals surface area contributed by atoms with Crippen LogP contribution in [0.3, 0.4) is 0 Å². The maximum absolute atomic E-state index is 6.15. The SMILES string of the molecule is C[C@H](Cc1ccc(OCCNC2C3CN(Cc4ccccc4)C[C@H]32)cc1)Oc1ccc(C(C)(C)C)cc1. The third-order valence-corrected chi connectivity index (χ3v) is 7.77. The van der Waals surface area contributed by atoms with Gasteiger partial charge in [0.25, 0.3) is 0 Å². The van der Waals surface area contributed by atoms with Crippen molar-refractivity contribution in [2.75, 3.05) is 26.2 Å². The molecular weight excluding hydrogens is 456 g/mol. The van der Waals surface area contributed by atoms with Crippen LogP contribution in [0.25, 0.3) is 0 Å². The molecule has 0 radical (unpaired) electrons. The van der Waals surface area contributed by atoms with Crippen LogP contribution in [0.2, 0.25) is 0 Å². The fourth-order valence-corrected chi connectivity index (χ4v) is 5.64. The summed E-state index contributed by atoms with van der Waals surface area (Å²) in [7, 11) is 0. The smallest absolute Gasteiger partial charge is 0.119 e. The summed E-state index contributed by atoms with van der Waals surface area (Å²) in [5, 5.41) is 3.72. The van der Waals surface area contributed by atoms with Crippen molar-refractivity contribution in [1.82, 2.24) is 10.2 Å². The van der Waals surface area contributed by atoms with Gasteiger partial charge in [0.05, 0.1) is 6.10 Å². The predicted molar refractivity (Wildman–Crippen MR) is 151 cm³/mol. The van der Waals surface area contributed by atoms with Crippen molar-refractivity contribution in [2.24, 2.45) is 11.8 Å². The standard InChI is InChI=1S/C33H42N2O2/c1-24(37-29-16-12-27(13-17-29)33(2,3)4)20-25-10-14-28(15-11-25)36-19-18-34-32-30-22-35(23-31(30)32)21-26-8-6-5-7-9-26/h5-17,24,30-32,34H,18-23H2,1-4H3/t24-,30-,31?,32?/m1/s1. The molecule has 37 heavy (non-hydrogen) atoms. The maximum atomic E-state index is 6.15. The summed E-state index contributed by atoms with van der Waals surface area (Å²) < 4.78 is 12.1. The number of likely N-dealkylation sites (tertiary alicyclic amines) is 1. The summed E-state index contributed by atoms with van der Waals surface area (Å²) in [6.45, 7) is 13.9. The van der Waals surface area contributed by atoms with Crippen LogP contribution in [-0.2, 0) is 18.4 Å². The second kappa shape index (κ2) is 11.3. The lowest BCUT2D eigenvalue weighted by molar-refractivity contribution is 0.222. The molecule has 2 fully saturated rings.